The van der Waals surface area contributed by atoms with Crippen molar-refractivity contribution in [2.24, 2.45) is 5.10 Å². The Balaban J connectivity index is 1.83. The molecular formula is C13H17BrN3O3+. The van der Waals surface area contributed by atoms with E-state index >= 15 is 0 Å². The summed E-state index contributed by atoms with van der Waals surface area (Å²) in [6.45, 7) is 3.44. The first-order valence-corrected chi connectivity index (χ1v) is 7.16. The fourth-order valence-electron chi connectivity index (χ4n) is 1.91. The molecule has 0 aliphatic carbocycles. The standard InChI is InChI=1S/C13H16BrN3O3/c14-11-1-2-12(18)10(7-11)8-15-16-13(19)9-17-3-5-20-6-4-17/h1-2,7-8,18H,3-6,9H2,(H,16,19)/p+1. The predicted molar refractivity (Wildman–Crippen MR) is 77.9 cm³/mol. The molecule has 7 heteroatoms. The number of amides is 1. The third kappa shape index (κ3) is 4.59. The maximum atomic E-state index is 11.7. The van der Waals surface area contributed by atoms with Crippen LogP contribution in [0.25, 0.3) is 0 Å². The number of rotatable bonds is 4. The number of carbonyl (C=O) groups is 1. The van der Waals surface area contributed by atoms with Crippen molar-refractivity contribution in [1.82, 2.24) is 5.43 Å². The average molecular weight is 343 g/mol. The minimum absolute atomic E-state index is 0.116. The Morgan fingerprint density at radius 3 is 3.00 bits per heavy atom. The van der Waals surface area contributed by atoms with E-state index in [9.17, 15) is 9.90 Å². The molecule has 1 heterocycles. The minimum atomic E-state index is -0.146. The Hall–Kier alpha value is -1.44. The second-order valence-electron chi connectivity index (χ2n) is 4.54. The second-order valence-corrected chi connectivity index (χ2v) is 5.45. The lowest BCUT2D eigenvalue weighted by molar-refractivity contribution is -0.900. The third-order valence-electron chi connectivity index (χ3n) is 2.99. The van der Waals surface area contributed by atoms with Gasteiger partial charge in [0.2, 0.25) is 0 Å². The highest BCUT2D eigenvalue weighted by atomic mass is 79.9. The van der Waals surface area contributed by atoms with E-state index in [1.165, 1.54) is 11.1 Å². The molecule has 1 aromatic carbocycles. The number of hydrazone groups is 1. The molecule has 3 N–H and O–H groups in total. The quantitative estimate of drug-likeness (QED) is 0.511. The zero-order valence-electron chi connectivity index (χ0n) is 10.9. The molecular weight excluding hydrogens is 326 g/mol. The van der Waals surface area contributed by atoms with Gasteiger partial charge in [-0.05, 0) is 18.2 Å². The van der Waals surface area contributed by atoms with Crippen LogP contribution in [-0.4, -0.2) is 50.1 Å². The van der Waals surface area contributed by atoms with Crippen molar-refractivity contribution < 1.29 is 19.5 Å². The molecule has 0 saturated carbocycles. The van der Waals surface area contributed by atoms with Crippen LogP contribution in [0, 0.1) is 0 Å². The molecule has 108 valence electrons. The lowest BCUT2D eigenvalue weighted by Crippen LogP contribution is -3.15. The summed E-state index contributed by atoms with van der Waals surface area (Å²) in [6, 6.07) is 5.01. The highest BCUT2D eigenvalue weighted by Crippen LogP contribution is 2.19. The Morgan fingerprint density at radius 1 is 1.50 bits per heavy atom. The molecule has 0 unspecified atom stereocenters. The van der Waals surface area contributed by atoms with Gasteiger partial charge in [-0.15, -0.1) is 0 Å². The van der Waals surface area contributed by atoms with Crippen molar-refractivity contribution in [3.8, 4) is 5.75 Å². The van der Waals surface area contributed by atoms with Crippen LogP contribution in [0.15, 0.2) is 27.8 Å². The van der Waals surface area contributed by atoms with Gasteiger partial charge in [-0.2, -0.15) is 5.10 Å². The van der Waals surface area contributed by atoms with E-state index in [-0.39, 0.29) is 11.7 Å². The first-order valence-electron chi connectivity index (χ1n) is 6.37. The molecule has 0 aromatic heterocycles. The molecule has 0 bridgehead atoms. The normalized spacial score (nSPS) is 16.4. The molecule has 1 aliphatic rings. The lowest BCUT2D eigenvalue weighted by atomic mass is 10.2. The van der Waals surface area contributed by atoms with Gasteiger partial charge < -0.3 is 14.7 Å². The zero-order valence-corrected chi connectivity index (χ0v) is 12.5. The van der Waals surface area contributed by atoms with Gasteiger partial charge in [0.05, 0.1) is 19.4 Å². The van der Waals surface area contributed by atoms with Crippen molar-refractivity contribution in [1.29, 1.82) is 0 Å². The average Bonchev–Trinajstić information content (AvgIpc) is 2.44. The molecule has 6 nitrogen and oxygen atoms in total. The van der Waals surface area contributed by atoms with Gasteiger partial charge in [-0.25, -0.2) is 5.43 Å². The van der Waals surface area contributed by atoms with Crippen LogP contribution in [0.4, 0.5) is 0 Å². The summed E-state index contributed by atoms with van der Waals surface area (Å²) in [5.74, 6) is -0.0300. The van der Waals surface area contributed by atoms with E-state index in [0.717, 1.165) is 17.6 Å². The summed E-state index contributed by atoms with van der Waals surface area (Å²) < 4.78 is 6.06. The van der Waals surface area contributed by atoms with E-state index in [4.69, 9.17) is 4.74 Å². The van der Waals surface area contributed by atoms with Gasteiger partial charge in [-0.3, -0.25) is 4.79 Å². The number of phenols is 1. The molecule has 1 aromatic rings. The van der Waals surface area contributed by atoms with Crippen molar-refractivity contribution >= 4 is 28.1 Å². The number of quaternary nitrogens is 1. The molecule has 2 rings (SSSR count). The molecule has 20 heavy (non-hydrogen) atoms. The SMILES string of the molecule is O=C(C[NH+]1CCOCC1)NN=Cc1cc(Br)ccc1O. The van der Waals surface area contributed by atoms with E-state index in [2.05, 4.69) is 26.5 Å². The number of aromatic hydroxyl groups is 1. The van der Waals surface area contributed by atoms with Crippen molar-refractivity contribution in [2.75, 3.05) is 32.8 Å². The Kier molecular flexibility index (Phi) is 5.51. The van der Waals surface area contributed by atoms with Crippen LogP contribution in [0.1, 0.15) is 5.56 Å². The van der Waals surface area contributed by atoms with Gasteiger partial charge in [0.15, 0.2) is 6.54 Å². The first-order chi connectivity index (χ1) is 9.65. The molecule has 1 fully saturated rings. The predicted octanol–water partition coefficient (Wildman–Crippen LogP) is -0.480. The third-order valence-corrected chi connectivity index (χ3v) is 3.49. The van der Waals surface area contributed by atoms with Crippen LogP contribution in [0.3, 0.4) is 0 Å². The summed E-state index contributed by atoms with van der Waals surface area (Å²) in [7, 11) is 0. The number of phenolic OH excluding ortho intramolecular Hbond substituents is 1. The van der Waals surface area contributed by atoms with Gasteiger partial charge in [0, 0.05) is 10.0 Å². The summed E-state index contributed by atoms with van der Waals surface area (Å²) in [6.07, 6.45) is 1.42. The largest absolute Gasteiger partial charge is 0.507 e. The van der Waals surface area contributed by atoms with Crippen LogP contribution >= 0.6 is 15.9 Å². The Labute approximate surface area is 125 Å². The number of benzene rings is 1. The molecule has 1 aliphatic heterocycles. The lowest BCUT2D eigenvalue weighted by Gasteiger charge is -2.22. The highest BCUT2D eigenvalue weighted by Gasteiger charge is 2.16. The van der Waals surface area contributed by atoms with E-state index in [0.29, 0.717) is 25.3 Å². The number of carbonyl (C=O) groups excluding carboxylic acids is 1. The number of ether oxygens (including phenoxy) is 1. The van der Waals surface area contributed by atoms with Gasteiger partial charge in [-0.1, -0.05) is 15.9 Å². The summed E-state index contributed by atoms with van der Waals surface area (Å²) in [5.41, 5.74) is 3.01. The van der Waals surface area contributed by atoms with E-state index in [1.54, 1.807) is 18.2 Å². The molecule has 0 spiro atoms. The zero-order chi connectivity index (χ0) is 14.4. The summed E-state index contributed by atoms with van der Waals surface area (Å²) >= 11 is 3.31. The molecule has 0 radical (unpaired) electrons. The molecule has 0 atom stereocenters. The van der Waals surface area contributed by atoms with E-state index in [1.807, 2.05) is 0 Å². The summed E-state index contributed by atoms with van der Waals surface area (Å²) in [5, 5.41) is 13.5. The Bertz CT molecular complexity index is 502. The van der Waals surface area contributed by atoms with Crippen LogP contribution in [0.5, 0.6) is 5.75 Å². The monoisotopic (exact) mass is 342 g/mol. The van der Waals surface area contributed by atoms with Gasteiger partial charge in [0.1, 0.15) is 18.8 Å². The fourth-order valence-corrected chi connectivity index (χ4v) is 2.28. The second kappa shape index (κ2) is 7.37. The smallest absolute Gasteiger partial charge is 0.295 e. The maximum Gasteiger partial charge on any atom is 0.295 e. The summed E-state index contributed by atoms with van der Waals surface area (Å²) in [4.78, 5) is 12.9. The van der Waals surface area contributed by atoms with Gasteiger partial charge in [0.25, 0.3) is 5.91 Å². The minimum Gasteiger partial charge on any atom is -0.507 e. The van der Waals surface area contributed by atoms with Crippen molar-refractivity contribution in [3.05, 3.63) is 28.2 Å². The molecule has 1 saturated heterocycles. The number of halogens is 1. The maximum absolute atomic E-state index is 11.7. The van der Waals surface area contributed by atoms with Crippen LogP contribution in [-0.2, 0) is 9.53 Å². The number of nitrogens with zero attached hydrogens (tertiary/aromatic N) is 1. The number of morpholine rings is 1. The fraction of sp³-hybridized carbons (Fsp3) is 0.385. The number of nitrogens with one attached hydrogen (secondary N) is 2. The number of hydrogen-bond acceptors (Lipinski definition) is 4. The highest BCUT2D eigenvalue weighted by molar-refractivity contribution is 9.10. The van der Waals surface area contributed by atoms with Crippen LogP contribution in [0.2, 0.25) is 0 Å². The van der Waals surface area contributed by atoms with Gasteiger partial charge >= 0.3 is 0 Å². The number of hydrogen-bond donors (Lipinski definition) is 3. The molecule has 1 amide bonds. The topological polar surface area (TPSA) is 75.4 Å². The van der Waals surface area contributed by atoms with Crippen LogP contribution < -0.4 is 10.3 Å². The van der Waals surface area contributed by atoms with Crippen molar-refractivity contribution in [2.45, 2.75) is 0 Å². The Morgan fingerprint density at radius 2 is 2.25 bits per heavy atom. The first kappa shape index (κ1) is 15.0. The van der Waals surface area contributed by atoms with E-state index < -0.39 is 0 Å². The van der Waals surface area contributed by atoms with Crippen molar-refractivity contribution in [3.63, 3.8) is 0 Å².